The fraction of sp³-hybridized carbons (Fsp3) is 0.200. The molecule has 0 spiro atoms. The van der Waals surface area contributed by atoms with Gasteiger partial charge in [-0.2, -0.15) is 0 Å². The molecule has 126 valence electrons. The molecule has 1 aromatic heterocycles. The Morgan fingerprint density at radius 1 is 1.16 bits per heavy atom. The minimum Gasteiger partial charge on any atom is -0.384 e. The lowest BCUT2D eigenvalue weighted by Gasteiger charge is -2.17. The molecule has 1 aliphatic heterocycles. The molecule has 25 heavy (non-hydrogen) atoms. The number of hydrogen-bond acceptors (Lipinski definition) is 3. The van der Waals surface area contributed by atoms with E-state index in [4.69, 9.17) is 0 Å². The summed E-state index contributed by atoms with van der Waals surface area (Å²) in [5.41, 5.74) is 3.55. The SMILES string of the molecule is CC1(C)CNc2cc(NC(=O)c3c[nH]c4ccccc4c3=O)ccc21. The number of rotatable bonds is 2. The molecular formula is C20H19N3O2. The lowest BCUT2D eigenvalue weighted by atomic mass is 9.87. The van der Waals surface area contributed by atoms with Crippen molar-refractivity contribution in [3.8, 4) is 0 Å². The van der Waals surface area contributed by atoms with Crippen molar-refractivity contribution in [3.05, 3.63) is 70.0 Å². The van der Waals surface area contributed by atoms with Gasteiger partial charge in [0.15, 0.2) is 0 Å². The van der Waals surface area contributed by atoms with Crippen molar-refractivity contribution in [2.24, 2.45) is 0 Å². The summed E-state index contributed by atoms with van der Waals surface area (Å²) in [6.07, 6.45) is 1.47. The van der Waals surface area contributed by atoms with E-state index >= 15 is 0 Å². The van der Waals surface area contributed by atoms with E-state index in [1.807, 2.05) is 30.3 Å². The Kier molecular flexibility index (Phi) is 3.39. The Hall–Kier alpha value is -3.08. The molecule has 0 aliphatic carbocycles. The highest BCUT2D eigenvalue weighted by atomic mass is 16.2. The van der Waals surface area contributed by atoms with Crippen molar-refractivity contribution in [2.45, 2.75) is 19.3 Å². The monoisotopic (exact) mass is 333 g/mol. The molecule has 0 saturated heterocycles. The van der Waals surface area contributed by atoms with Gasteiger partial charge >= 0.3 is 0 Å². The van der Waals surface area contributed by atoms with E-state index < -0.39 is 5.91 Å². The standard InChI is InChI=1S/C20H19N3O2/c1-20(2)11-22-17-9-12(7-8-15(17)20)23-19(25)14-10-21-16-6-4-3-5-13(16)18(14)24/h3-10,22H,11H2,1-2H3,(H,21,24)(H,23,25). The van der Waals surface area contributed by atoms with Gasteiger partial charge in [-0.05, 0) is 29.8 Å². The predicted octanol–water partition coefficient (Wildman–Crippen LogP) is 3.48. The third-order valence-electron chi connectivity index (χ3n) is 4.76. The summed E-state index contributed by atoms with van der Waals surface area (Å²) in [4.78, 5) is 28.1. The van der Waals surface area contributed by atoms with Crippen molar-refractivity contribution in [1.29, 1.82) is 0 Å². The van der Waals surface area contributed by atoms with Crippen LogP contribution in [0.3, 0.4) is 0 Å². The summed E-state index contributed by atoms with van der Waals surface area (Å²) in [7, 11) is 0. The number of nitrogens with one attached hydrogen (secondary N) is 3. The maximum Gasteiger partial charge on any atom is 0.261 e. The van der Waals surface area contributed by atoms with Gasteiger partial charge in [-0.3, -0.25) is 9.59 Å². The van der Waals surface area contributed by atoms with Crippen LogP contribution < -0.4 is 16.1 Å². The van der Waals surface area contributed by atoms with E-state index in [1.54, 1.807) is 12.1 Å². The Morgan fingerprint density at radius 2 is 1.96 bits per heavy atom. The maximum atomic E-state index is 12.6. The third kappa shape index (κ3) is 2.58. The van der Waals surface area contributed by atoms with Gasteiger partial charge in [-0.15, -0.1) is 0 Å². The van der Waals surface area contributed by atoms with Gasteiger partial charge in [0.2, 0.25) is 5.43 Å². The molecule has 2 heterocycles. The molecule has 1 aliphatic rings. The highest BCUT2D eigenvalue weighted by Gasteiger charge is 2.29. The lowest BCUT2D eigenvalue weighted by Crippen LogP contribution is -2.22. The lowest BCUT2D eigenvalue weighted by molar-refractivity contribution is 0.102. The van der Waals surface area contributed by atoms with Crippen LogP contribution in [0.1, 0.15) is 29.8 Å². The highest BCUT2D eigenvalue weighted by Crippen LogP contribution is 2.37. The van der Waals surface area contributed by atoms with Gasteiger partial charge in [-0.25, -0.2) is 0 Å². The molecule has 4 rings (SSSR count). The second kappa shape index (κ2) is 5.48. The van der Waals surface area contributed by atoms with E-state index in [2.05, 4.69) is 29.5 Å². The number of aromatic nitrogens is 1. The number of anilines is 2. The summed E-state index contributed by atoms with van der Waals surface area (Å²) < 4.78 is 0. The summed E-state index contributed by atoms with van der Waals surface area (Å²) in [6.45, 7) is 5.22. The first-order valence-electron chi connectivity index (χ1n) is 8.26. The Balaban J connectivity index is 1.65. The average molecular weight is 333 g/mol. The molecule has 0 fully saturated rings. The molecule has 0 atom stereocenters. The summed E-state index contributed by atoms with van der Waals surface area (Å²) in [6, 6.07) is 13.0. The van der Waals surface area contributed by atoms with Crippen molar-refractivity contribution >= 4 is 28.2 Å². The quantitative estimate of drug-likeness (QED) is 0.672. The van der Waals surface area contributed by atoms with Crippen LogP contribution in [0.2, 0.25) is 0 Å². The maximum absolute atomic E-state index is 12.6. The van der Waals surface area contributed by atoms with E-state index in [0.29, 0.717) is 16.6 Å². The summed E-state index contributed by atoms with van der Waals surface area (Å²) >= 11 is 0. The number of benzene rings is 2. The van der Waals surface area contributed by atoms with Gasteiger partial charge in [0.1, 0.15) is 5.56 Å². The van der Waals surface area contributed by atoms with Crippen LogP contribution in [0.25, 0.3) is 10.9 Å². The average Bonchev–Trinajstić information content (AvgIpc) is 2.90. The zero-order chi connectivity index (χ0) is 17.6. The minimum absolute atomic E-state index is 0.0768. The molecule has 0 saturated carbocycles. The Bertz CT molecular complexity index is 1050. The van der Waals surface area contributed by atoms with Gasteiger partial charge in [-0.1, -0.05) is 32.0 Å². The number of carbonyl (C=O) groups excluding carboxylic acids is 1. The van der Waals surface area contributed by atoms with E-state index in [9.17, 15) is 9.59 Å². The van der Waals surface area contributed by atoms with Gasteiger partial charge < -0.3 is 15.6 Å². The first kappa shape index (κ1) is 15.4. The van der Waals surface area contributed by atoms with Crippen molar-refractivity contribution < 1.29 is 4.79 Å². The molecule has 5 heteroatoms. The first-order chi connectivity index (χ1) is 12.0. The molecule has 0 unspecified atom stereocenters. The van der Waals surface area contributed by atoms with E-state index in [1.165, 1.54) is 11.8 Å². The van der Waals surface area contributed by atoms with Crippen LogP contribution in [-0.2, 0) is 5.41 Å². The predicted molar refractivity (Wildman–Crippen MR) is 100 cm³/mol. The first-order valence-corrected chi connectivity index (χ1v) is 8.26. The highest BCUT2D eigenvalue weighted by molar-refractivity contribution is 6.05. The van der Waals surface area contributed by atoms with Crippen LogP contribution in [0.5, 0.6) is 0 Å². The van der Waals surface area contributed by atoms with Crippen LogP contribution >= 0.6 is 0 Å². The van der Waals surface area contributed by atoms with Crippen molar-refractivity contribution in [1.82, 2.24) is 4.98 Å². The van der Waals surface area contributed by atoms with E-state index in [0.717, 1.165) is 12.2 Å². The molecule has 5 nitrogen and oxygen atoms in total. The molecule has 3 N–H and O–H groups in total. The number of pyridine rings is 1. The zero-order valence-electron chi connectivity index (χ0n) is 14.1. The number of fused-ring (bicyclic) bond motifs is 2. The Morgan fingerprint density at radius 3 is 2.80 bits per heavy atom. The number of para-hydroxylation sites is 1. The molecule has 1 amide bonds. The number of H-pyrrole nitrogens is 1. The number of carbonyl (C=O) groups is 1. The normalized spacial score (nSPS) is 14.8. The second-order valence-electron chi connectivity index (χ2n) is 7.03. The van der Waals surface area contributed by atoms with Gasteiger partial charge in [0.05, 0.1) is 0 Å². The van der Waals surface area contributed by atoms with Crippen LogP contribution in [0.4, 0.5) is 11.4 Å². The smallest absolute Gasteiger partial charge is 0.261 e. The summed E-state index contributed by atoms with van der Waals surface area (Å²) in [5.74, 6) is -0.413. The third-order valence-corrected chi connectivity index (χ3v) is 4.76. The molecular weight excluding hydrogens is 314 g/mol. The number of amides is 1. The molecule has 0 radical (unpaired) electrons. The summed E-state index contributed by atoms with van der Waals surface area (Å²) in [5, 5.41) is 6.69. The van der Waals surface area contributed by atoms with E-state index in [-0.39, 0.29) is 16.4 Å². The molecule has 0 bridgehead atoms. The molecule has 2 aromatic carbocycles. The topological polar surface area (TPSA) is 74.0 Å². The van der Waals surface area contributed by atoms with Crippen LogP contribution in [-0.4, -0.2) is 17.4 Å². The van der Waals surface area contributed by atoms with Gasteiger partial charge in [0.25, 0.3) is 5.91 Å². The fourth-order valence-electron chi connectivity index (χ4n) is 3.30. The number of hydrogen-bond donors (Lipinski definition) is 3. The fourth-order valence-corrected chi connectivity index (χ4v) is 3.30. The van der Waals surface area contributed by atoms with Gasteiger partial charge in [0, 0.05) is 40.4 Å². The van der Waals surface area contributed by atoms with Crippen LogP contribution in [0, 0.1) is 0 Å². The number of aromatic amines is 1. The van der Waals surface area contributed by atoms with Crippen molar-refractivity contribution in [2.75, 3.05) is 17.2 Å². The second-order valence-corrected chi connectivity index (χ2v) is 7.03. The van der Waals surface area contributed by atoms with Crippen molar-refractivity contribution in [3.63, 3.8) is 0 Å². The van der Waals surface area contributed by atoms with Crippen LogP contribution in [0.15, 0.2) is 53.5 Å². The minimum atomic E-state index is -0.413. The largest absolute Gasteiger partial charge is 0.384 e. The molecule has 3 aromatic rings. The zero-order valence-corrected chi connectivity index (χ0v) is 14.1. The Labute approximate surface area is 145 Å².